The van der Waals surface area contributed by atoms with Gasteiger partial charge < -0.3 is 5.11 Å². The Morgan fingerprint density at radius 1 is 1.47 bits per heavy atom. The molecule has 0 heterocycles. The van der Waals surface area contributed by atoms with Crippen LogP contribution in [0.2, 0.25) is 5.02 Å². The lowest BCUT2D eigenvalue weighted by atomic mass is 9.94. The molecule has 0 fully saturated rings. The Bertz CT molecular complexity index is 383. The Kier molecular flexibility index (Phi) is 3.75. The van der Waals surface area contributed by atoms with E-state index >= 15 is 0 Å². The normalized spacial score (nSPS) is 10.7. The van der Waals surface area contributed by atoms with Crippen LogP contribution < -0.4 is 0 Å². The number of benzene rings is 1. The molecule has 1 aromatic rings. The first-order chi connectivity index (χ1) is 6.91. The summed E-state index contributed by atoms with van der Waals surface area (Å²) in [5.41, 5.74) is 2.81. The summed E-state index contributed by atoms with van der Waals surface area (Å²) in [6.45, 7) is 5.95. The van der Waals surface area contributed by atoms with Crippen LogP contribution in [0, 0.1) is 6.92 Å². The lowest BCUT2D eigenvalue weighted by Crippen LogP contribution is -2.05. The third kappa shape index (κ3) is 2.96. The molecule has 0 spiro atoms. The molecule has 1 rings (SSSR count). The standard InChI is InChI=1S/C12H15ClO2/c1-7(2)10-6-11(13)8(3)4-9(10)5-12(14)15/h4,6-7H,5H2,1-3H3,(H,14,15). The number of hydrogen-bond donors (Lipinski definition) is 1. The predicted octanol–water partition coefficient (Wildman–Crippen LogP) is 3.40. The third-order valence-electron chi connectivity index (χ3n) is 2.38. The Balaban J connectivity index is 3.21. The Morgan fingerprint density at radius 2 is 2.07 bits per heavy atom. The highest BCUT2D eigenvalue weighted by Gasteiger charge is 2.12. The van der Waals surface area contributed by atoms with Gasteiger partial charge in [-0.05, 0) is 35.6 Å². The van der Waals surface area contributed by atoms with Crippen molar-refractivity contribution in [1.82, 2.24) is 0 Å². The lowest BCUT2D eigenvalue weighted by molar-refractivity contribution is -0.136. The number of carboxylic acids is 1. The minimum absolute atomic E-state index is 0.0610. The highest BCUT2D eigenvalue weighted by Crippen LogP contribution is 2.26. The van der Waals surface area contributed by atoms with Crippen LogP contribution in [0.5, 0.6) is 0 Å². The van der Waals surface area contributed by atoms with Crippen LogP contribution in [0.3, 0.4) is 0 Å². The van der Waals surface area contributed by atoms with E-state index in [2.05, 4.69) is 0 Å². The summed E-state index contributed by atoms with van der Waals surface area (Å²) in [4.78, 5) is 10.7. The maximum atomic E-state index is 10.7. The molecule has 1 N–H and O–H groups in total. The number of carbonyl (C=O) groups is 1. The quantitative estimate of drug-likeness (QED) is 0.858. The van der Waals surface area contributed by atoms with Crippen molar-refractivity contribution in [2.45, 2.75) is 33.1 Å². The molecule has 0 atom stereocenters. The van der Waals surface area contributed by atoms with Crippen molar-refractivity contribution in [1.29, 1.82) is 0 Å². The minimum Gasteiger partial charge on any atom is -0.481 e. The number of rotatable bonds is 3. The topological polar surface area (TPSA) is 37.3 Å². The van der Waals surface area contributed by atoms with Gasteiger partial charge in [0, 0.05) is 5.02 Å². The van der Waals surface area contributed by atoms with E-state index in [0.717, 1.165) is 16.7 Å². The number of hydrogen-bond acceptors (Lipinski definition) is 1. The number of aryl methyl sites for hydroxylation is 1. The van der Waals surface area contributed by atoms with Crippen molar-refractivity contribution in [3.63, 3.8) is 0 Å². The fourth-order valence-electron chi connectivity index (χ4n) is 1.61. The van der Waals surface area contributed by atoms with Gasteiger partial charge in [0.25, 0.3) is 0 Å². The predicted molar refractivity (Wildman–Crippen MR) is 61.6 cm³/mol. The number of carboxylic acid groups (broad SMARTS) is 1. The van der Waals surface area contributed by atoms with Gasteiger partial charge in [0.05, 0.1) is 6.42 Å². The second-order valence-corrected chi connectivity index (χ2v) is 4.43. The highest BCUT2D eigenvalue weighted by atomic mass is 35.5. The molecule has 0 aliphatic heterocycles. The molecule has 2 nitrogen and oxygen atoms in total. The summed E-state index contributed by atoms with van der Waals surface area (Å²) in [5.74, 6) is -0.518. The second-order valence-electron chi connectivity index (χ2n) is 4.03. The van der Waals surface area contributed by atoms with Crippen LogP contribution in [0.1, 0.15) is 36.5 Å². The molecule has 0 aliphatic carbocycles. The second kappa shape index (κ2) is 4.67. The average molecular weight is 227 g/mol. The van der Waals surface area contributed by atoms with Crippen molar-refractivity contribution in [3.05, 3.63) is 33.8 Å². The van der Waals surface area contributed by atoms with E-state index in [0.29, 0.717) is 5.02 Å². The van der Waals surface area contributed by atoms with Crippen molar-refractivity contribution in [3.8, 4) is 0 Å². The molecule has 0 aliphatic rings. The molecule has 0 aromatic heterocycles. The smallest absolute Gasteiger partial charge is 0.307 e. The summed E-state index contributed by atoms with van der Waals surface area (Å²) >= 11 is 6.02. The van der Waals surface area contributed by atoms with Crippen molar-refractivity contribution in [2.24, 2.45) is 0 Å². The zero-order valence-corrected chi connectivity index (χ0v) is 9.93. The largest absolute Gasteiger partial charge is 0.481 e. The molecule has 0 bridgehead atoms. The van der Waals surface area contributed by atoms with E-state index in [1.54, 1.807) is 0 Å². The van der Waals surface area contributed by atoms with E-state index in [1.807, 2.05) is 32.9 Å². The Morgan fingerprint density at radius 3 is 2.53 bits per heavy atom. The molecular formula is C12H15ClO2. The van der Waals surface area contributed by atoms with Crippen molar-refractivity contribution in [2.75, 3.05) is 0 Å². The first-order valence-corrected chi connectivity index (χ1v) is 5.30. The molecule has 0 unspecified atom stereocenters. The third-order valence-corrected chi connectivity index (χ3v) is 2.79. The SMILES string of the molecule is Cc1cc(CC(=O)O)c(C(C)C)cc1Cl. The summed E-state index contributed by atoms with van der Waals surface area (Å²) in [5, 5.41) is 9.50. The zero-order chi connectivity index (χ0) is 11.6. The molecule has 0 amide bonds. The van der Waals surface area contributed by atoms with Gasteiger partial charge in [-0.1, -0.05) is 31.5 Å². The molecule has 15 heavy (non-hydrogen) atoms. The number of aliphatic carboxylic acids is 1. The first-order valence-electron chi connectivity index (χ1n) is 4.92. The van der Waals surface area contributed by atoms with Crippen LogP contribution in [-0.4, -0.2) is 11.1 Å². The van der Waals surface area contributed by atoms with Crippen LogP contribution in [-0.2, 0) is 11.2 Å². The summed E-state index contributed by atoms with van der Waals surface area (Å²) in [6, 6.07) is 3.74. The van der Waals surface area contributed by atoms with Crippen LogP contribution in [0.15, 0.2) is 12.1 Å². The molecule has 1 aromatic carbocycles. The number of halogens is 1. The fraction of sp³-hybridized carbons (Fsp3) is 0.417. The molecule has 3 heteroatoms. The summed E-state index contributed by atoms with van der Waals surface area (Å²) in [6.07, 6.45) is 0.0610. The zero-order valence-electron chi connectivity index (χ0n) is 9.17. The van der Waals surface area contributed by atoms with E-state index in [-0.39, 0.29) is 12.3 Å². The molecule has 0 radical (unpaired) electrons. The van der Waals surface area contributed by atoms with Crippen molar-refractivity contribution >= 4 is 17.6 Å². The van der Waals surface area contributed by atoms with Crippen LogP contribution in [0.25, 0.3) is 0 Å². The fourth-order valence-corrected chi connectivity index (χ4v) is 1.78. The maximum absolute atomic E-state index is 10.7. The van der Waals surface area contributed by atoms with E-state index in [4.69, 9.17) is 16.7 Å². The van der Waals surface area contributed by atoms with Gasteiger partial charge in [-0.15, -0.1) is 0 Å². The molecule has 82 valence electrons. The van der Waals surface area contributed by atoms with E-state index in [9.17, 15) is 4.79 Å². The van der Waals surface area contributed by atoms with E-state index in [1.165, 1.54) is 0 Å². The molecule has 0 saturated carbocycles. The van der Waals surface area contributed by atoms with Gasteiger partial charge in [-0.2, -0.15) is 0 Å². The summed E-state index contributed by atoms with van der Waals surface area (Å²) < 4.78 is 0. The Hall–Kier alpha value is -1.02. The first kappa shape index (κ1) is 12.1. The van der Waals surface area contributed by atoms with Gasteiger partial charge in [-0.25, -0.2) is 0 Å². The highest BCUT2D eigenvalue weighted by molar-refractivity contribution is 6.31. The monoisotopic (exact) mass is 226 g/mol. The van der Waals surface area contributed by atoms with Gasteiger partial charge >= 0.3 is 5.97 Å². The van der Waals surface area contributed by atoms with Gasteiger partial charge in [0.15, 0.2) is 0 Å². The molecular weight excluding hydrogens is 212 g/mol. The van der Waals surface area contributed by atoms with Crippen molar-refractivity contribution < 1.29 is 9.90 Å². The van der Waals surface area contributed by atoms with Crippen LogP contribution in [0.4, 0.5) is 0 Å². The maximum Gasteiger partial charge on any atom is 0.307 e. The van der Waals surface area contributed by atoms with Gasteiger partial charge in [0.1, 0.15) is 0 Å². The molecule has 0 saturated heterocycles. The van der Waals surface area contributed by atoms with Gasteiger partial charge in [0.2, 0.25) is 0 Å². The minimum atomic E-state index is -0.807. The average Bonchev–Trinajstić information content (AvgIpc) is 2.09. The van der Waals surface area contributed by atoms with Gasteiger partial charge in [-0.3, -0.25) is 4.79 Å². The summed E-state index contributed by atoms with van der Waals surface area (Å²) in [7, 11) is 0. The van der Waals surface area contributed by atoms with Crippen LogP contribution >= 0.6 is 11.6 Å². The van der Waals surface area contributed by atoms with E-state index < -0.39 is 5.97 Å². The Labute approximate surface area is 94.9 Å². The lowest BCUT2D eigenvalue weighted by Gasteiger charge is -2.13.